The quantitative estimate of drug-likeness (QED) is 0.598. The molecule has 3 nitrogen and oxygen atoms in total. The molecule has 76 valence electrons. The fraction of sp³-hybridized carbons (Fsp3) is 0.818. The van der Waals surface area contributed by atoms with Gasteiger partial charge in [0.15, 0.2) is 5.41 Å². The number of hydrogen-bond donors (Lipinski definition) is 0. The predicted molar refractivity (Wildman–Crippen MR) is 50.2 cm³/mol. The van der Waals surface area contributed by atoms with Crippen LogP contribution in [0.4, 0.5) is 0 Å². The second-order valence-corrected chi connectivity index (χ2v) is 4.75. The molecule has 0 aromatic heterocycles. The summed E-state index contributed by atoms with van der Waals surface area (Å²) in [6.07, 6.45) is 6.33. The van der Waals surface area contributed by atoms with Crippen LogP contribution in [0.1, 0.15) is 38.5 Å². The van der Waals surface area contributed by atoms with Crippen molar-refractivity contribution in [3.05, 3.63) is 0 Å². The topological polar surface area (TPSA) is 50.1 Å². The zero-order chi connectivity index (χ0) is 10.2. The first-order chi connectivity index (χ1) is 6.66. The summed E-state index contributed by atoms with van der Waals surface area (Å²) in [7, 11) is 1.36. The van der Waals surface area contributed by atoms with Gasteiger partial charge in [0, 0.05) is 0 Å². The smallest absolute Gasteiger partial charge is 0.326 e. The molecule has 0 amide bonds. The van der Waals surface area contributed by atoms with Crippen LogP contribution in [0.5, 0.6) is 0 Å². The maximum absolute atomic E-state index is 11.4. The molecule has 1 spiro atoms. The highest BCUT2D eigenvalue weighted by molar-refractivity contribution is 5.81. The van der Waals surface area contributed by atoms with Crippen LogP contribution in [-0.4, -0.2) is 13.1 Å². The van der Waals surface area contributed by atoms with Crippen molar-refractivity contribution in [2.45, 2.75) is 38.5 Å². The van der Waals surface area contributed by atoms with Gasteiger partial charge in [-0.15, -0.1) is 0 Å². The standard InChI is InChI=1S/C11H15NO2/c1-14-9(13)11(8-12)6-10(7-11)4-2-3-5-10/h2-7H2,1H3. The van der Waals surface area contributed by atoms with Gasteiger partial charge in [-0.1, -0.05) is 12.8 Å². The van der Waals surface area contributed by atoms with E-state index < -0.39 is 5.41 Å². The minimum Gasteiger partial charge on any atom is -0.468 e. The van der Waals surface area contributed by atoms with E-state index in [4.69, 9.17) is 5.26 Å². The Bertz CT molecular complexity index is 289. The van der Waals surface area contributed by atoms with Crippen LogP contribution in [0.15, 0.2) is 0 Å². The summed E-state index contributed by atoms with van der Waals surface area (Å²) in [5.41, 5.74) is -0.497. The minimum absolute atomic E-state index is 0.309. The summed E-state index contributed by atoms with van der Waals surface area (Å²) in [5.74, 6) is -0.336. The second kappa shape index (κ2) is 2.98. The molecule has 0 aromatic carbocycles. The summed E-state index contributed by atoms with van der Waals surface area (Å²) in [6, 6.07) is 2.14. The SMILES string of the molecule is COC(=O)C1(C#N)CC2(CCCC2)C1. The molecule has 2 rings (SSSR count). The van der Waals surface area contributed by atoms with Crippen LogP contribution < -0.4 is 0 Å². The summed E-state index contributed by atoms with van der Waals surface area (Å²) >= 11 is 0. The molecule has 2 aliphatic carbocycles. The second-order valence-electron chi connectivity index (χ2n) is 4.75. The van der Waals surface area contributed by atoms with Crippen molar-refractivity contribution in [3.8, 4) is 6.07 Å². The number of hydrogen-bond acceptors (Lipinski definition) is 3. The van der Waals surface area contributed by atoms with E-state index in [0.717, 1.165) is 12.8 Å². The highest BCUT2D eigenvalue weighted by Crippen LogP contribution is 2.62. The van der Waals surface area contributed by atoms with Crippen molar-refractivity contribution >= 4 is 5.97 Å². The van der Waals surface area contributed by atoms with Crippen molar-refractivity contribution < 1.29 is 9.53 Å². The van der Waals surface area contributed by atoms with Crippen molar-refractivity contribution in [1.29, 1.82) is 5.26 Å². The maximum atomic E-state index is 11.4. The van der Waals surface area contributed by atoms with Gasteiger partial charge in [-0.2, -0.15) is 5.26 Å². The molecule has 0 unspecified atom stereocenters. The van der Waals surface area contributed by atoms with Crippen molar-refractivity contribution in [1.82, 2.24) is 0 Å². The Balaban J connectivity index is 2.08. The van der Waals surface area contributed by atoms with E-state index in [1.807, 2.05) is 0 Å². The van der Waals surface area contributed by atoms with Crippen LogP contribution in [0.25, 0.3) is 0 Å². The molecule has 2 fully saturated rings. The summed E-state index contributed by atoms with van der Waals surface area (Å²) < 4.78 is 4.69. The number of rotatable bonds is 1. The normalized spacial score (nSPS) is 26.6. The van der Waals surface area contributed by atoms with Crippen LogP contribution in [-0.2, 0) is 9.53 Å². The number of ether oxygens (including phenoxy) is 1. The number of nitriles is 1. The largest absolute Gasteiger partial charge is 0.468 e. The van der Waals surface area contributed by atoms with Crippen LogP contribution in [0.2, 0.25) is 0 Å². The number of carbonyl (C=O) groups excluding carboxylic acids is 1. The lowest BCUT2D eigenvalue weighted by molar-refractivity contribution is -0.161. The Morgan fingerprint density at radius 1 is 1.36 bits per heavy atom. The van der Waals surface area contributed by atoms with Crippen LogP contribution >= 0.6 is 0 Å². The zero-order valence-electron chi connectivity index (χ0n) is 8.51. The van der Waals surface area contributed by atoms with Crippen molar-refractivity contribution in [3.63, 3.8) is 0 Å². The van der Waals surface area contributed by atoms with E-state index >= 15 is 0 Å². The predicted octanol–water partition coefficient (Wildman–Crippen LogP) is 2.02. The monoisotopic (exact) mass is 193 g/mol. The van der Waals surface area contributed by atoms with Crippen molar-refractivity contribution in [2.24, 2.45) is 10.8 Å². The van der Waals surface area contributed by atoms with Gasteiger partial charge in [0.25, 0.3) is 0 Å². The Morgan fingerprint density at radius 3 is 2.36 bits per heavy atom. The summed E-state index contributed by atoms with van der Waals surface area (Å²) in [6.45, 7) is 0. The highest BCUT2D eigenvalue weighted by Gasteiger charge is 2.60. The molecular weight excluding hydrogens is 178 g/mol. The number of nitrogens with zero attached hydrogens (tertiary/aromatic N) is 1. The van der Waals surface area contributed by atoms with Gasteiger partial charge < -0.3 is 4.74 Å². The van der Waals surface area contributed by atoms with E-state index in [1.165, 1.54) is 32.8 Å². The molecule has 0 N–H and O–H groups in total. The molecule has 0 saturated heterocycles. The third kappa shape index (κ3) is 1.13. The first kappa shape index (κ1) is 9.51. The molecule has 2 aliphatic rings. The average Bonchev–Trinajstić information content (AvgIpc) is 2.62. The molecule has 0 aromatic rings. The maximum Gasteiger partial charge on any atom is 0.326 e. The van der Waals surface area contributed by atoms with Gasteiger partial charge in [0.2, 0.25) is 0 Å². The zero-order valence-corrected chi connectivity index (χ0v) is 8.51. The Kier molecular flexibility index (Phi) is 2.02. The Labute approximate surface area is 84.0 Å². The van der Waals surface area contributed by atoms with E-state index in [0.29, 0.717) is 5.41 Å². The van der Waals surface area contributed by atoms with Gasteiger partial charge in [0.1, 0.15) is 0 Å². The molecular formula is C11H15NO2. The molecule has 3 heteroatoms. The molecule has 14 heavy (non-hydrogen) atoms. The number of methoxy groups -OCH3 is 1. The lowest BCUT2D eigenvalue weighted by Crippen LogP contribution is -2.49. The van der Waals surface area contributed by atoms with Crippen LogP contribution in [0.3, 0.4) is 0 Å². The first-order valence-electron chi connectivity index (χ1n) is 5.16. The lowest BCUT2D eigenvalue weighted by Gasteiger charge is -2.48. The van der Waals surface area contributed by atoms with E-state index in [-0.39, 0.29) is 5.97 Å². The lowest BCUT2D eigenvalue weighted by atomic mass is 9.52. The van der Waals surface area contributed by atoms with Gasteiger partial charge in [-0.25, -0.2) is 0 Å². The fourth-order valence-corrected chi connectivity index (χ4v) is 3.17. The van der Waals surface area contributed by atoms with E-state index in [1.54, 1.807) is 0 Å². The minimum atomic E-state index is -0.806. The Morgan fingerprint density at radius 2 is 1.93 bits per heavy atom. The van der Waals surface area contributed by atoms with Gasteiger partial charge >= 0.3 is 5.97 Å². The number of esters is 1. The first-order valence-corrected chi connectivity index (χ1v) is 5.16. The molecule has 0 bridgehead atoms. The molecule has 0 radical (unpaired) electrons. The van der Waals surface area contributed by atoms with Crippen LogP contribution in [0, 0.1) is 22.2 Å². The summed E-state index contributed by atoms with van der Waals surface area (Å²) in [5, 5.41) is 9.03. The van der Waals surface area contributed by atoms with Gasteiger partial charge in [-0.3, -0.25) is 4.79 Å². The van der Waals surface area contributed by atoms with E-state index in [2.05, 4.69) is 10.8 Å². The molecule has 0 aliphatic heterocycles. The van der Waals surface area contributed by atoms with E-state index in [9.17, 15) is 4.79 Å². The van der Waals surface area contributed by atoms with Gasteiger partial charge in [0.05, 0.1) is 13.2 Å². The fourth-order valence-electron chi connectivity index (χ4n) is 3.17. The third-order valence-corrected chi connectivity index (χ3v) is 3.81. The van der Waals surface area contributed by atoms with Gasteiger partial charge in [-0.05, 0) is 31.1 Å². The third-order valence-electron chi connectivity index (χ3n) is 3.81. The molecule has 0 atom stereocenters. The number of carbonyl (C=O) groups is 1. The van der Waals surface area contributed by atoms with Crippen molar-refractivity contribution in [2.75, 3.05) is 7.11 Å². The summed E-state index contributed by atoms with van der Waals surface area (Å²) in [4.78, 5) is 11.4. The molecule has 2 saturated carbocycles. The Hall–Kier alpha value is -1.04. The molecule has 0 heterocycles. The average molecular weight is 193 g/mol. The highest BCUT2D eigenvalue weighted by atomic mass is 16.5.